The minimum absolute atomic E-state index is 0.935. The van der Waals surface area contributed by atoms with E-state index >= 15 is 0 Å². The van der Waals surface area contributed by atoms with Gasteiger partial charge in [-0.1, -0.05) is 0 Å². The van der Waals surface area contributed by atoms with Gasteiger partial charge in [-0.2, -0.15) is 24.4 Å². The zero-order valence-electron chi connectivity index (χ0n) is 6.54. The number of rotatable bonds is 4. The van der Waals surface area contributed by atoms with Gasteiger partial charge in [0, 0.05) is 5.75 Å². The molecule has 1 nitrogen and oxygen atoms in total. The first-order valence-corrected chi connectivity index (χ1v) is 5.35. The molecule has 0 atom stereocenters. The number of thioether (sulfide) groups is 1. The van der Waals surface area contributed by atoms with Gasteiger partial charge >= 0.3 is 0 Å². The molecule has 1 rings (SSSR count). The second kappa shape index (κ2) is 4.78. The molecule has 0 unspecified atom stereocenters. The van der Waals surface area contributed by atoms with E-state index in [9.17, 15) is 0 Å². The maximum atomic E-state index is 5.27. The molecule has 0 bridgehead atoms. The summed E-state index contributed by atoms with van der Waals surface area (Å²) in [5, 5.41) is 0. The molecule has 0 aromatic carbocycles. The third-order valence-corrected chi connectivity index (χ3v) is 2.92. The smallest absolute Gasteiger partial charge is 0.116 e. The molecule has 0 fully saturated rings. The Morgan fingerprint density at radius 3 is 3.00 bits per heavy atom. The van der Waals surface area contributed by atoms with Crippen molar-refractivity contribution >= 4 is 24.4 Å². The Morgan fingerprint density at radius 2 is 2.45 bits per heavy atom. The van der Waals surface area contributed by atoms with Crippen molar-refractivity contribution in [2.24, 2.45) is 0 Å². The SMILES string of the molecule is Cc1ccoc1CSCCS. The van der Waals surface area contributed by atoms with E-state index in [-0.39, 0.29) is 0 Å². The van der Waals surface area contributed by atoms with Gasteiger partial charge in [0.15, 0.2) is 0 Å². The van der Waals surface area contributed by atoms with Crippen LogP contribution in [-0.4, -0.2) is 11.5 Å². The quantitative estimate of drug-likeness (QED) is 0.576. The van der Waals surface area contributed by atoms with Crippen molar-refractivity contribution < 1.29 is 4.42 Å². The van der Waals surface area contributed by atoms with Crippen LogP contribution in [0, 0.1) is 6.92 Å². The standard InChI is InChI=1S/C8H12OS2/c1-7-2-3-9-8(7)6-11-5-4-10/h2-3,10H,4-6H2,1H3. The largest absolute Gasteiger partial charge is 0.468 e. The van der Waals surface area contributed by atoms with Gasteiger partial charge in [0.2, 0.25) is 0 Å². The molecule has 0 aliphatic rings. The van der Waals surface area contributed by atoms with E-state index in [0.29, 0.717) is 0 Å². The van der Waals surface area contributed by atoms with Gasteiger partial charge in [-0.25, -0.2) is 0 Å². The van der Waals surface area contributed by atoms with Gasteiger partial charge in [0.1, 0.15) is 5.76 Å². The molecular formula is C8H12OS2. The Hall–Kier alpha value is -0.0200. The second-order valence-electron chi connectivity index (χ2n) is 2.30. The first-order chi connectivity index (χ1) is 5.34. The van der Waals surface area contributed by atoms with Crippen LogP contribution in [-0.2, 0) is 5.75 Å². The van der Waals surface area contributed by atoms with Crippen LogP contribution >= 0.6 is 24.4 Å². The van der Waals surface area contributed by atoms with Crippen LogP contribution in [0.4, 0.5) is 0 Å². The highest BCUT2D eigenvalue weighted by Gasteiger charge is 1.99. The van der Waals surface area contributed by atoms with Crippen molar-refractivity contribution in [3.63, 3.8) is 0 Å². The van der Waals surface area contributed by atoms with Crippen LogP contribution in [0.5, 0.6) is 0 Å². The number of aryl methyl sites for hydroxylation is 1. The lowest BCUT2D eigenvalue weighted by atomic mass is 10.3. The van der Waals surface area contributed by atoms with Gasteiger partial charge in [-0.15, -0.1) is 0 Å². The van der Waals surface area contributed by atoms with Crippen LogP contribution in [0.3, 0.4) is 0 Å². The summed E-state index contributed by atoms with van der Waals surface area (Å²) in [5.41, 5.74) is 1.25. The van der Waals surface area contributed by atoms with Gasteiger partial charge < -0.3 is 4.42 Å². The van der Waals surface area contributed by atoms with Gasteiger partial charge in [-0.3, -0.25) is 0 Å². The number of thiol groups is 1. The zero-order valence-corrected chi connectivity index (χ0v) is 8.25. The molecule has 1 heterocycles. The van der Waals surface area contributed by atoms with Crippen molar-refractivity contribution in [3.8, 4) is 0 Å². The summed E-state index contributed by atoms with van der Waals surface area (Å²) >= 11 is 5.98. The summed E-state index contributed by atoms with van der Waals surface area (Å²) in [5.74, 6) is 4.09. The fraction of sp³-hybridized carbons (Fsp3) is 0.500. The van der Waals surface area contributed by atoms with Crippen LogP contribution in [0.2, 0.25) is 0 Å². The zero-order chi connectivity index (χ0) is 8.10. The molecule has 1 aromatic rings. The van der Waals surface area contributed by atoms with Crippen LogP contribution in [0.1, 0.15) is 11.3 Å². The lowest BCUT2D eigenvalue weighted by molar-refractivity contribution is 0.528. The summed E-state index contributed by atoms with van der Waals surface area (Å²) in [6, 6.07) is 2.00. The lowest BCUT2D eigenvalue weighted by Crippen LogP contribution is -1.83. The molecule has 0 aliphatic heterocycles. The third kappa shape index (κ3) is 2.83. The Bertz CT molecular complexity index is 208. The maximum absolute atomic E-state index is 5.27. The molecule has 0 N–H and O–H groups in total. The summed E-state index contributed by atoms with van der Waals surface area (Å²) in [7, 11) is 0. The summed E-state index contributed by atoms with van der Waals surface area (Å²) in [4.78, 5) is 0. The van der Waals surface area contributed by atoms with E-state index in [0.717, 1.165) is 23.0 Å². The average Bonchev–Trinajstić information content (AvgIpc) is 2.37. The first-order valence-electron chi connectivity index (χ1n) is 3.56. The van der Waals surface area contributed by atoms with E-state index in [1.165, 1.54) is 5.56 Å². The summed E-state index contributed by atoms with van der Waals surface area (Å²) in [6.45, 7) is 2.07. The molecule has 0 aliphatic carbocycles. The molecule has 0 spiro atoms. The highest BCUT2D eigenvalue weighted by Crippen LogP contribution is 2.16. The predicted octanol–water partition coefficient (Wildman–Crippen LogP) is 2.75. The van der Waals surface area contributed by atoms with Crippen molar-refractivity contribution in [2.75, 3.05) is 11.5 Å². The fourth-order valence-electron chi connectivity index (χ4n) is 0.781. The molecule has 3 heteroatoms. The number of hydrogen-bond donors (Lipinski definition) is 1. The van der Waals surface area contributed by atoms with Crippen molar-refractivity contribution in [2.45, 2.75) is 12.7 Å². The fourth-order valence-corrected chi connectivity index (χ4v) is 1.92. The maximum Gasteiger partial charge on any atom is 0.116 e. The molecule has 11 heavy (non-hydrogen) atoms. The van der Waals surface area contributed by atoms with E-state index in [1.807, 2.05) is 17.8 Å². The summed E-state index contributed by atoms with van der Waals surface area (Å²) < 4.78 is 5.27. The van der Waals surface area contributed by atoms with Gasteiger partial charge in [-0.05, 0) is 24.3 Å². The van der Waals surface area contributed by atoms with Crippen LogP contribution in [0.25, 0.3) is 0 Å². The van der Waals surface area contributed by atoms with E-state index in [1.54, 1.807) is 6.26 Å². The summed E-state index contributed by atoms with van der Waals surface area (Å²) in [6.07, 6.45) is 1.74. The molecule has 0 radical (unpaired) electrons. The van der Waals surface area contributed by atoms with Crippen molar-refractivity contribution in [3.05, 3.63) is 23.7 Å². The highest BCUT2D eigenvalue weighted by molar-refractivity contribution is 7.99. The van der Waals surface area contributed by atoms with Gasteiger partial charge in [0.05, 0.1) is 12.0 Å². The average molecular weight is 188 g/mol. The Kier molecular flexibility index (Phi) is 3.94. The van der Waals surface area contributed by atoms with E-state index < -0.39 is 0 Å². The molecule has 1 aromatic heterocycles. The number of furan rings is 1. The first kappa shape index (κ1) is 9.07. The molecule has 0 amide bonds. The Morgan fingerprint density at radius 1 is 1.64 bits per heavy atom. The normalized spacial score (nSPS) is 10.4. The predicted molar refractivity (Wildman–Crippen MR) is 53.5 cm³/mol. The monoisotopic (exact) mass is 188 g/mol. The minimum atomic E-state index is 0.935. The molecule has 0 saturated carbocycles. The van der Waals surface area contributed by atoms with E-state index in [2.05, 4.69) is 19.6 Å². The Labute approximate surface area is 77.0 Å². The van der Waals surface area contributed by atoms with Crippen LogP contribution < -0.4 is 0 Å². The topological polar surface area (TPSA) is 13.1 Å². The second-order valence-corrected chi connectivity index (χ2v) is 3.86. The molecule has 62 valence electrons. The Balaban J connectivity index is 2.32. The van der Waals surface area contributed by atoms with Crippen molar-refractivity contribution in [1.82, 2.24) is 0 Å². The minimum Gasteiger partial charge on any atom is -0.468 e. The lowest BCUT2D eigenvalue weighted by Gasteiger charge is -1.96. The molecule has 0 saturated heterocycles. The van der Waals surface area contributed by atoms with Gasteiger partial charge in [0.25, 0.3) is 0 Å². The highest BCUT2D eigenvalue weighted by atomic mass is 32.2. The van der Waals surface area contributed by atoms with Crippen molar-refractivity contribution in [1.29, 1.82) is 0 Å². The van der Waals surface area contributed by atoms with E-state index in [4.69, 9.17) is 4.42 Å². The van der Waals surface area contributed by atoms with Crippen LogP contribution in [0.15, 0.2) is 16.7 Å². The molecular weight excluding hydrogens is 176 g/mol. The number of hydrogen-bond acceptors (Lipinski definition) is 3. The third-order valence-electron chi connectivity index (χ3n) is 1.44.